The Morgan fingerprint density at radius 1 is 1.17 bits per heavy atom. The molecular weight excluding hydrogens is 228 g/mol. The third kappa shape index (κ3) is 2.42. The van der Waals surface area contributed by atoms with Crippen LogP contribution in [0.1, 0.15) is 12.1 Å². The van der Waals surface area contributed by atoms with Crippen molar-refractivity contribution in [3.63, 3.8) is 0 Å². The van der Waals surface area contributed by atoms with E-state index in [2.05, 4.69) is 16.5 Å². The minimum atomic E-state index is 0.567. The summed E-state index contributed by atoms with van der Waals surface area (Å²) in [5.41, 5.74) is 2.47. The summed E-state index contributed by atoms with van der Waals surface area (Å²) in [6.45, 7) is 3.71. The van der Waals surface area contributed by atoms with E-state index in [1.165, 1.54) is 0 Å². The monoisotopic (exact) mass is 244 g/mol. The van der Waals surface area contributed by atoms with Crippen LogP contribution < -0.4 is 9.47 Å². The zero-order chi connectivity index (χ0) is 13.0. The summed E-state index contributed by atoms with van der Waals surface area (Å²) in [5, 5.41) is 0. The molecule has 0 radical (unpaired) electrons. The summed E-state index contributed by atoms with van der Waals surface area (Å²) >= 11 is 0. The van der Waals surface area contributed by atoms with Crippen LogP contribution in [0.25, 0.3) is 11.0 Å². The third-order valence-electron chi connectivity index (χ3n) is 2.69. The van der Waals surface area contributed by atoms with Crippen LogP contribution in [0.5, 0.6) is 11.6 Å². The molecule has 0 unspecified atom stereocenters. The molecule has 18 heavy (non-hydrogen) atoms. The van der Waals surface area contributed by atoms with Gasteiger partial charge in [-0.2, -0.15) is 0 Å². The molecule has 0 bridgehead atoms. The summed E-state index contributed by atoms with van der Waals surface area (Å²) in [5.74, 6) is 1.33. The van der Waals surface area contributed by atoms with E-state index in [0.717, 1.165) is 35.3 Å². The lowest BCUT2D eigenvalue weighted by molar-refractivity contribution is 0.391. The first-order chi connectivity index (χ1) is 8.78. The van der Waals surface area contributed by atoms with Gasteiger partial charge in [0.05, 0.1) is 25.3 Å². The number of aromatic nitrogens is 2. The molecule has 0 N–H and O–H groups in total. The van der Waals surface area contributed by atoms with Gasteiger partial charge in [-0.05, 0) is 25.0 Å². The van der Waals surface area contributed by atoms with Gasteiger partial charge in [-0.25, -0.2) is 9.97 Å². The molecule has 1 aromatic heterocycles. The highest BCUT2D eigenvalue weighted by Gasteiger charge is 2.09. The average Bonchev–Trinajstić information content (AvgIpc) is 2.43. The Hall–Kier alpha value is -2.10. The Bertz CT molecular complexity index is 567. The minimum absolute atomic E-state index is 0.567. The van der Waals surface area contributed by atoms with Crippen LogP contribution in [0, 0.1) is 0 Å². The molecule has 0 aliphatic rings. The molecule has 0 spiro atoms. The van der Waals surface area contributed by atoms with Crippen molar-refractivity contribution in [2.24, 2.45) is 0 Å². The van der Waals surface area contributed by atoms with Gasteiger partial charge in [-0.3, -0.25) is 0 Å². The van der Waals surface area contributed by atoms with Crippen LogP contribution in [-0.4, -0.2) is 24.2 Å². The molecule has 1 heterocycles. The van der Waals surface area contributed by atoms with Crippen molar-refractivity contribution < 1.29 is 9.47 Å². The Morgan fingerprint density at radius 2 is 2.00 bits per heavy atom. The zero-order valence-corrected chi connectivity index (χ0v) is 10.6. The number of allylic oxidation sites excluding steroid dienone is 1. The lowest BCUT2D eigenvalue weighted by Gasteiger charge is -2.08. The molecule has 0 aliphatic carbocycles. The SMILES string of the molecule is C=CCCc1nc2ccc(OC)cc2nc1OC. The van der Waals surface area contributed by atoms with Gasteiger partial charge in [0.1, 0.15) is 11.4 Å². The lowest BCUT2D eigenvalue weighted by atomic mass is 10.2. The fourth-order valence-electron chi connectivity index (χ4n) is 1.75. The van der Waals surface area contributed by atoms with E-state index < -0.39 is 0 Å². The Kier molecular flexibility index (Phi) is 3.77. The second kappa shape index (κ2) is 5.49. The van der Waals surface area contributed by atoms with E-state index in [1.54, 1.807) is 14.2 Å². The Balaban J connectivity index is 2.49. The molecule has 0 amide bonds. The van der Waals surface area contributed by atoms with Crippen molar-refractivity contribution in [2.75, 3.05) is 14.2 Å². The predicted octanol–water partition coefficient (Wildman–Crippen LogP) is 2.77. The molecule has 0 saturated heterocycles. The number of hydrogen-bond acceptors (Lipinski definition) is 4. The molecule has 2 aromatic rings. The lowest BCUT2D eigenvalue weighted by Crippen LogP contribution is -2.00. The highest BCUT2D eigenvalue weighted by Crippen LogP contribution is 2.23. The van der Waals surface area contributed by atoms with Crippen LogP contribution in [0.4, 0.5) is 0 Å². The molecule has 0 aliphatic heterocycles. The number of hydrogen-bond donors (Lipinski definition) is 0. The number of aryl methyl sites for hydroxylation is 1. The summed E-state index contributed by atoms with van der Waals surface area (Å²) in [4.78, 5) is 9.02. The summed E-state index contributed by atoms with van der Waals surface area (Å²) in [7, 11) is 3.23. The number of rotatable bonds is 5. The van der Waals surface area contributed by atoms with E-state index in [-0.39, 0.29) is 0 Å². The average molecular weight is 244 g/mol. The molecule has 0 saturated carbocycles. The van der Waals surface area contributed by atoms with Crippen LogP contribution in [0.15, 0.2) is 30.9 Å². The van der Waals surface area contributed by atoms with Gasteiger partial charge in [0.25, 0.3) is 0 Å². The number of nitrogens with zero attached hydrogens (tertiary/aromatic N) is 2. The van der Waals surface area contributed by atoms with Crippen molar-refractivity contribution >= 4 is 11.0 Å². The van der Waals surface area contributed by atoms with Crippen molar-refractivity contribution in [3.8, 4) is 11.6 Å². The normalized spacial score (nSPS) is 10.3. The minimum Gasteiger partial charge on any atom is -0.497 e. The van der Waals surface area contributed by atoms with E-state index in [0.29, 0.717) is 5.88 Å². The topological polar surface area (TPSA) is 44.2 Å². The van der Waals surface area contributed by atoms with Crippen LogP contribution in [0.3, 0.4) is 0 Å². The molecule has 4 nitrogen and oxygen atoms in total. The predicted molar refractivity (Wildman–Crippen MR) is 71.2 cm³/mol. The van der Waals surface area contributed by atoms with Crippen molar-refractivity contribution in [3.05, 3.63) is 36.5 Å². The largest absolute Gasteiger partial charge is 0.497 e. The van der Waals surface area contributed by atoms with E-state index >= 15 is 0 Å². The summed E-state index contributed by atoms with van der Waals surface area (Å²) < 4.78 is 10.4. The van der Waals surface area contributed by atoms with Crippen LogP contribution in [-0.2, 0) is 6.42 Å². The first kappa shape index (κ1) is 12.4. The van der Waals surface area contributed by atoms with E-state index in [1.807, 2.05) is 24.3 Å². The number of methoxy groups -OCH3 is 2. The van der Waals surface area contributed by atoms with E-state index in [4.69, 9.17) is 9.47 Å². The molecule has 1 aromatic carbocycles. The smallest absolute Gasteiger partial charge is 0.235 e. The number of benzene rings is 1. The van der Waals surface area contributed by atoms with Gasteiger partial charge in [-0.1, -0.05) is 6.08 Å². The number of ether oxygens (including phenoxy) is 2. The Labute approximate surface area is 106 Å². The molecule has 0 fully saturated rings. The van der Waals surface area contributed by atoms with Gasteiger partial charge in [-0.15, -0.1) is 6.58 Å². The van der Waals surface area contributed by atoms with Crippen LogP contribution in [0.2, 0.25) is 0 Å². The maximum atomic E-state index is 5.28. The highest BCUT2D eigenvalue weighted by atomic mass is 16.5. The van der Waals surface area contributed by atoms with Crippen molar-refractivity contribution in [1.82, 2.24) is 9.97 Å². The standard InChI is InChI=1S/C14H16N2O2/c1-4-5-6-12-14(18-3)16-13-9-10(17-2)7-8-11(13)15-12/h4,7-9H,1,5-6H2,2-3H3. The van der Waals surface area contributed by atoms with Crippen molar-refractivity contribution in [1.29, 1.82) is 0 Å². The number of fused-ring (bicyclic) bond motifs is 1. The van der Waals surface area contributed by atoms with Gasteiger partial charge in [0.2, 0.25) is 5.88 Å². The molecule has 94 valence electrons. The van der Waals surface area contributed by atoms with Gasteiger partial charge >= 0.3 is 0 Å². The third-order valence-corrected chi connectivity index (χ3v) is 2.69. The molecule has 2 rings (SSSR count). The maximum absolute atomic E-state index is 5.28. The fourth-order valence-corrected chi connectivity index (χ4v) is 1.75. The first-order valence-corrected chi connectivity index (χ1v) is 5.78. The molecular formula is C14H16N2O2. The van der Waals surface area contributed by atoms with Gasteiger partial charge in [0, 0.05) is 6.07 Å². The van der Waals surface area contributed by atoms with Gasteiger partial charge < -0.3 is 9.47 Å². The highest BCUT2D eigenvalue weighted by molar-refractivity contribution is 5.76. The summed E-state index contributed by atoms with van der Waals surface area (Å²) in [6.07, 6.45) is 3.49. The zero-order valence-electron chi connectivity index (χ0n) is 10.6. The molecule has 0 atom stereocenters. The fraction of sp³-hybridized carbons (Fsp3) is 0.286. The second-order valence-corrected chi connectivity index (χ2v) is 3.86. The van der Waals surface area contributed by atoms with E-state index in [9.17, 15) is 0 Å². The first-order valence-electron chi connectivity index (χ1n) is 5.78. The van der Waals surface area contributed by atoms with Crippen molar-refractivity contribution in [2.45, 2.75) is 12.8 Å². The second-order valence-electron chi connectivity index (χ2n) is 3.86. The van der Waals surface area contributed by atoms with Gasteiger partial charge in [0.15, 0.2) is 0 Å². The summed E-state index contributed by atoms with van der Waals surface area (Å²) in [6, 6.07) is 5.63. The van der Waals surface area contributed by atoms with Crippen LogP contribution >= 0.6 is 0 Å². The Morgan fingerprint density at radius 3 is 2.67 bits per heavy atom. The molecule has 4 heteroatoms. The maximum Gasteiger partial charge on any atom is 0.235 e. The quantitative estimate of drug-likeness (QED) is 0.759.